The monoisotopic (exact) mass is 307 g/mol. The Bertz CT molecular complexity index is 202. The topological polar surface area (TPSA) is 72.2 Å². The zero-order valence-electron chi connectivity index (χ0n) is 13.9. The molecule has 128 valence electrons. The van der Waals surface area contributed by atoms with Gasteiger partial charge in [-0.3, -0.25) is 0 Å². The molecule has 0 aliphatic heterocycles. The van der Waals surface area contributed by atoms with E-state index >= 15 is 0 Å². The van der Waals surface area contributed by atoms with Crippen molar-refractivity contribution in [2.24, 2.45) is 5.73 Å². The summed E-state index contributed by atoms with van der Waals surface area (Å²) in [6.45, 7) is 11.5. The van der Waals surface area contributed by atoms with Gasteiger partial charge in [0.2, 0.25) is 0 Å². The van der Waals surface area contributed by atoms with Gasteiger partial charge in [-0.05, 0) is 20.3 Å². The highest BCUT2D eigenvalue weighted by atomic mass is 16.5. The van der Waals surface area contributed by atoms with Crippen molar-refractivity contribution in [1.82, 2.24) is 0 Å². The van der Waals surface area contributed by atoms with E-state index in [1.165, 1.54) is 0 Å². The molecule has 0 atom stereocenters. The summed E-state index contributed by atoms with van der Waals surface area (Å²) in [5.74, 6) is 0. The van der Waals surface area contributed by atoms with Crippen LogP contribution in [-0.4, -0.2) is 71.6 Å². The van der Waals surface area contributed by atoms with Crippen molar-refractivity contribution < 1.29 is 23.7 Å². The summed E-state index contributed by atoms with van der Waals surface area (Å²) >= 11 is 0. The molecule has 6 heteroatoms. The largest absolute Gasteiger partial charge is 0.379 e. The van der Waals surface area contributed by atoms with Crippen LogP contribution >= 0.6 is 0 Å². The van der Waals surface area contributed by atoms with Crippen LogP contribution in [0.25, 0.3) is 0 Å². The normalized spacial score (nSPS) is 12.0. The van der Waals surface area contributed by atoms with E-state index in [4.69, 9.17) is 29.4 Å². The van der Waals surface area contributed by atoms with Crippen molar-refractivity contribution in [2.45, 2.75) is 32.7 Å². The summed E-state index contributed by atoms with van der Waals surface area (Å²) < 4.78 is 27.1. The Hall–Kier alpha value is -0.240. The lowest BCUT2D eigenvalue weighted by Crippen LogP contribution is -2.53. The van der Waals surface area contributed by atoms with E-state index in [1.54, 1.807) is 0 Å². The quantitative estimate of drug-likeness (QED) is 0.432. The van der Waals surface area contributed by atoms with E-state index < -0.39 is 5.54 Å². The van der Waals surface area contributed by atoms with Crippen LogP contribution in [-0.2, 0) is 23.7 Å². The highest BCUT2D eigenvalue weighted by molar-refractivity contribution is 4.84. The third-order valence-electron chi connectivity index (χ3n) is 2.67. The van der Waals surface area contributed by atoms with Gasteiger partial charge in [-0.1, -0.05) is 6.92 Å². The van der Waals surface area contributed by atoms with E-state index in [-0.39, 0.29) is 0 Å². The molecule has 0 aromatic heterocycles. The van der Waals surface area contributed by atoms with Crippen LogP contribution in [0.2, 0.25) is 0 Å². The molecule has 6 nitrogen and oxygen atoms in total. The van der Waals surface area contributed by atoms with Gasteiger partial charge in [-0.25, -0.2) is 0 Å². The molecule has 0 unspecified atom stereocenters. The molecule has 0 spiro atoms. The average molecular weight is 307 g/mol. The Kier molecular flexibility index (Phi) is 14.5. The van der Waals surface area contributed by atoms with Crippen molar-refractivity contribution in [3.05, 3.63) is 0 Å². The van der Waals surface area contributed by atoms with Crippen molar-refractivity contribution >= 4 is 0 Å². The number of rotatable bonds is 16. The second-order valence-corrected chi connectivity index (χ2v) is 4.91. The first-order valence-electron chi connectivity index (χ1n) is 7.86. The molecular weight excluding hydrogens is 274 g/mol. The first kappa shape index (κ1) is 20.8. The third-order valence-corrected chi connectivity index (χ3v) is 2.67. The van der Waals surface area contributed by atoms with Gasteiger partial charge < -0.3 is 29.4 Å². The summed E-state index contributed by atoms with van der Waals surface area (Å²) in [4.78, 5) is 0. The number of ether oxygens (including phenoxy) is 5. The standard InChI is InChI=1S/C15H33NO5/c1-4-7-19-12-15(16,13-20-10-8-17-5-2)14-21-11-9-18-6-3/h4-14,16H2,1-3H3. The summed E-state index contributed by atoms with van der Waals surface area (Å²) in [7, 11) is 0. The van der Waals surface area contributed by atoms with E-state index in [0.717, 1.165) is 6.42 Å². The first-order chi connectivity index (χ1) is 10.2. The molecule has 0 radical (unpaired) electrons. The minimum atomic E-state index is -0.631. The number of hydrogen-bond acceptors (Lipinski definition) is 6. The molecule has 0 saturated heterocycles. The van der Waals surface area contributed by atoms with Crippen molar-refractivity contribution in [3.8, 4) is 0 Å². The predicted molar refractivity (Wildman–Crippen MR) is 82.7 cm³/mol. The summed E-state index contributed by atoms with van der Waals surface area (Å²) in [5.41, 5.74) is 5.68. The molecule has 0 aromatic rings. The van der Waals surface area contributed by atoms with E-state index in [9.17, 15) is 0 Å². The van der Waals surface area contributed by atoms with Crippen LogP contribution < -0.4 is 5.73 Å². The maximum Gasteiger partial charge on any atom is 0.0865 e. The minimum absolute atomic E-state index is 0.387. The summed E-state index contributed by atoms with van der Waals surface area (Å²) in [5, 5.41) is 0. The van der Waals surface area contributed by atoms with Gasteiger partial charge in [0.05, 0.1) is 51.8 Å². The van der Waals surface area contributed by atoms with Gasteiger partial charge in [0.1, 0.15) is 0 Å². The molecule has 0 aromatic carbocycles. The second kappa shape index (κ2) is 14.7. The predicted octanol–water partition coefficient (Wildman–Crippen LogP) is 1.22. The van der Waals surface area contributed by atoms with Gasteiger partial charge in [-0.2, -0.15) is 0 Å². The van der Waals surface area contributed by atoms with Crippen LogP contribution in [0.5, 0.6) is 0 Å². The molecule has 2 N–H and O–H groups in total. The smallest absolute Gasteiger partial charge is 0.0865 e. The van der Waals surface area contributed by atoms with Crippen molar-refractivity contribution in [3.63, 3.8) is 0 Å². The Morgan fingerprint density at radius 1 is 0.619 bits per heavy atom. The maximum absolute atomic E-state index is 6.31. The van der Waals surface area contributed by atoms with Gasteiger partial charge in [0, 0.05) is 19.8 Å². The molecule has 0 aliphatic rings. The van der Waals surface area contributed by atoms with E-state index in [2.05, 4.69) is 6.92 Å². The van der Waals surface area contributed by atoms with Crippen LogP contribution in [0.15, 0.2) is 0 Å². The van der Waals surface area contributed by atoms with Crippen LogP contribution in [0.3, 0.4) is 0 Å². The maximum atomic E-state index is 6.31. The highest BCUT2D eigenvalue weighted by Crippen LogP contribution is 2.05. The lowest BCUT2D eigenvalue weighted by Gasteiger charge is -2.29. The van der Waals surface area contributed by atoms with Gasteiger partial charge in [0.25, 0.3) is 0 Å². The lowest BCUT2D eigenvalue weighted by atomic mass is 10.1. The zero-order valence-corrected chi connectivity index (χ0v) is 13.9. The van der Waals surface area contributed by atoms with Crippen LogP contribution in [0.1, 0.15) is 27.2 Å². The van der Waals surface area contributed by atoms with Gasteiger partial charge in [-0.15, -0.1) is 0 Å². The van der Waals surface area contributed by atoms with E-state index in [1.807, 2.05) is 13.8 Å². The molecule has 0 heterocycles. The lowest BCUT2D eigenvalue weighted by molar-refractivity contribution is -0.0413. The van der Waals surface area contributed by atoms with Crippen LogP contribution in [0, 0.1) is 0 Å². The SMILES string of the molecule is CCCOCC(N)(COCCOCC)COCCOCC. The third kappa shape index (κ3) is 13.2. The fraction of sp³-hybridized carbons (Fsp3) is 1.00. The molecule has 0 bridgehead atoms. The molecule has 21 heavy (non-hydrogen) atoms. The average Bonchev–Trinajstić information content (AvgIpc) is 2.47. The highest BCUT2D eigenvalue weighted by Gasteiger charge is 2.26. The molecule has 0 fully saturated rings. The van der Waals surface area contributed by atoms with Crippen LogP contribution in [0.4, 0.5) is 0 Å². The molecular formula is C15H33NO5. The molecule has 0 saturated carbocycles. The van der Waals surface area contributed by atoms with Gasteiger partial charge >= 0.3 is 0 Å². The Morgan fingerprint density at radius 3 is 1.38 bits per heavy atom. The Morgan fingerprint density at radius 2 is 1.00 bits per heavy atom. The minimum Gasteiger partial charge on any atom is -0.379 e. The fourth-order valence-electron chi connectivity index (χ4n) is 1.62. The zero-order chi connectivity index (χ0) is 15.8. The van der Waals surface area contributed by atoms with Gasteiger partial charge in [0.15, 0.2) is 0 Å². The summed E-state index contributed by atoms with van der Waals surface area (Å²) in [6, 6.07) is 0. The number of hydrogen-bond donors (Lipinski definition) is 1. The second-order valence-electron chi connectivity index (χ2n) is 4.91. The van der Waals surface area contributed by atoms with E-state index in [0.29, 0.717) is 66.1 Å². The molecule has 0 rings (SSSR count). The van der Waals surface area contributed by atoms with Crippen molar-refractivity contribution in [2.75, 3.05) is 66.1 Å². The van der Waals surface area contributed by atoms with Crippen molar-refractivity contribution in [1.29, 1.82) is 0 Å². The molecule has 0 amide bonds. The molecule has 0 aliphatic carbocycles. The summed E-state index contributed by atoms with van der Waals surface area (Å²) in [6.07, 6.45) is 0.965. The number of nitrogens with two attached hydrogens (primary N) is 1. The Balaban J connectivity index is 3.95. The Labute approximate surface area is 129 Å². The fourth-order valence-corrected chi connectivity index (χ4v) is 1.62. The first-order valence-corrected chi connectivity index (χ1v) is 7.86.